The van der Waals surface area contributed by atoms with E-state index in [9.17, 15) is 15.0 Å². The van der Waals surface area contributed by atoms with Gasteiger partial charge in [-0.3, -0.25) is 4.79 Å². The van der Waals surface area contributed by atoms with Crippen LogP contribution in [0.4, 0.5) is 0 Å². The van der Waals surface area contributed by atoms with E-state index in [0.717, 1.165) is 38.8 Å². The molecule has 0 fully saturated rings. The van der Waals surface area contributed by atoms with Gasteiger partial charge in [0.25, 0.3) is 0 Å². The summed E-state index contributed by atoms with van der Waals surface area (Å²) in [5.74, 6) is -0.128. The van der Waals surface area contributed by atoms with E-state index in [1.165, 1.54) is 12.5 Å². The standard InChI is InChI=1S/C26H37NO6/c1-21(29)33-26-12-11-23(17-24(26)19-28)25(30)18-27-13-7-2-3-8-14-31-15-16-32-20-22-9-5-4-6-10-22/h4-6,9-12,17,25,27-28,30H,2-3,7-8,13-16,18-20H2,1H3. The molecule has 0 saturated heterocycles. The van der Waals surface area contributed by atoms with Crippen LogP contribution in [0.15, 0.2) is 48.5 Å². The third-order valence-corrected chi connectivity index (χ3v) is 5.11. The van der Waals surface area contributed by atoms with Crippen molar-refractivity contribution in [3.8, 4) is 5.75 Å². The number of carbonyl (C=O) groups excluding carboxylic acids is 1. The number of hydrogen-bond donors (Lipinski definition) is 3. The van der Waals surface area contributed by atoms with Crippen molar-refractivity contribution in [1.82, 2.24) is 5.32 Å². The number of nitrogens with one attached hydrogen (secondary N) is 1. The summed E-state index contributed by atoms with van der Waals surface area (Å²) in [6.45, 7) is 4.88. The van der Waals surface area contributed by atoms with Gasteiger partial charge in [0.15, 0.2) is 0 Å². The monoisotopic (exact) mass is 459 g/mol. The van der Waals surface area contributed by atoms with Gasteiger partial charge in [-0.25, -0.2) is 0 Å². The molecule has 0 saturated carbocycles. The van der Waals surface area contributed by atoms with Gasteiger partial charge in [0.05, 0.1) is 32.5 Å². The van der Waals surface area contributed by atoms with Gasteiger partial charge < -0.3 is 29.7 Å². The maximum absolute atomic E-state index is 11.1. The molecule has 2 aromatic carbocycles. The number of aliphatic hydroxyl groups is 2. The van der Waals surface area contributed by atoms with Crippen molar-refractivity contribution in [3.63, 3.8) is 0 Å². The second-order valence-electron chi connectivity index (χ2n) is 7.90. The minimum Gasteiger partial charge on any atom is -0.426 e. The molecule has 1 unspecified atom stereocenters. The van der Waals surface area contributed by atoms with E-state index in [4.69, 9.17) is 14.2 Å². The summed E-state index contributed by atoms with van der Waals surface area (Å²) in [5, 5.41) is 23.1. The van der Waals surface area contributed by atoms with E-state index >= 15 is 0 Å². The summed E-state index contributed by atoms with van der Waals surface area (Å²) in [5.41, 5.74) is 2.32. The molecule has 0 aliphatic heterocycles. The van der Waals surface area contributed by atoms with Crippen LogP contribution in [-0.2, 0) is 27.5 Å². The van der Waals surface area contributed by atoms with Crippen LogP contribution in [0.1, 0.15) is 55.4 Å². The predicted molar refractivity (Wildman–Crippen MR) is 127 cm³/mol. The van der Waals surface area contributed by atoms with Crippen LogP contribution >= 0.6 is 0 Å². The van der Waals surface area contributed by atoms with Gasteiger partial charge in [0.2, 0.25) is 0 Å². The van der Waals surface area contributed by atoms with Gasteiger partial charge in [-0.2, -0.15) is 0 Å². The molecule has 7 heteroatoms. The van der Waals surface area contributed by atoms with Gasteiger partial charge in [0, 0.05) is 25.6 Å². The summed E-state index contributed by atoms with van der Waals surface area (Å²) in [4.78, 5) is 11.1. The minimum absolute atomic E-state index is 0.263. The summed E-state index contributed by atoms with van der Waals surface area (Å²) < 4.78 is 16.3. The molecule has 0 radical (unpaired) electrons. The second kappa shape index (κ2) is 16.3. The molecular formula is C26H37NO6. The first-order chi connectivity index (χ1) is 16.1. The molecule has 0 spiro atoms. The Morgan fingerprint density at radius 2 is 1.73 bits per heavy atom. The van der Waals surface area contributed by atoms with Crippen LogP contribution in [0, 0.1) is 0 Å². The van der Waals surface area contributed by atoms with Gasteiger partial charge in [-0.1, -0.05) is 49.2 Å². The second-order valence-corrected chi connectivity index (χ2v) is 7.90. The number of unbranched alkanes of at least 4 members (excludes halogenated alkanes) is 3. The lowest BCUT2D eigenvalue weighted by molar-refractivity contribution is -0.131. The van der Waals surface area contributed by atoms with Crippen molar-refractivity contribution >= 4 is 5.97 Å². The fourth-order valence-electron chi connectivity index (χ4n) is 3.33. The van der Waals surface area contributed by atoms with Crippen molar-refractivity contribution in [1.29, 1.82) is 0 Å². The van der Waals surface area contributed by atoms with Crippen molar-refractivity contribution in [2.75, 3.05) is 32.9 Å². The molecular weight excluding hydrogens is 422 g/mol. The lowest BCUT2D eigenvalue weighted by Crippen LogP contribution is -2.22. The molecule has 2 rings (SSSR count). The largest absolute Gasteiger partial charge is 0.426 e. The lowest BCUT2D eigenvalue weighted by atomic mass is 10.1. The van der Waals surface area contributed by atoms with Crippen molar-refractivity contribution in [2.45, 2.75) is 51.9 Å². The fourth-order valence-corrected chi connectivity index (χ4v) is 3.33. The topological polar surface area (TPSA) is 97.3 Å². The van der Waals surface area contributed by atoms with Crippen LogP contribution in [0.3, 0.4) is 0 Å². The molecule has 0 aliphatic carbocycles. The maximum atomic E-state index is 11.1. The van der Waals surface area contributed by atoms with Gasteiger partial charge in [-0.15, -0.1) is 0 Å². The van der Waals surface area contributed by atoms with Gasteiger partial charge in [0.1, 0.15) is 5.75 Å². The molecule has 0 aliphatic rings. The highest BCUT2D eigenvalue weighted by Gasteiger charge is 2.12. The average molecular weight is 460 g/mol. The highest BCUT2D eigenvalue weighted by atomic mass is 16.5. The van der Waals surface area contributed by atoms with Crippen molar-refractivity contribution < 1.29 is 29.2 Å². The van der Waals surface area contributed by atoms with Gasteiger partial charge >= 0.3 is 5.97 Å². The van der Waals surface area contributed by atoms with E-state index in [1.54, 1.807) is 18.2 Å². The van der Waals surface area contributed by atoms with Crippen LogP contribution in [0.2, 0.25) is 0 Å². The Kier molecular flexibility index (Phi) is 13.4. The molecule has 0 heterocycles. The smallest absolute Gasteiger partial charge is 0.308 e. The number of aliphatic hydroxyl groups excluding tert-OH is 2. The van der Waals surface area contributed by atoms with E-state index in [2.05, 4.69) is 5.32 Å². The Morgan fingerprint density at radius 3 is 2.48 bits per heavy atom. The molecule has 3 N–H and O–H groups in total. The quantitative estimate of drug-likeness (QED) is 0.189. The summed E-state index contributed by atoms with van der Waals surface area (Å²) in [6, 6.07) is 15.1. The summed E-state index contributed by atoms with van der Waals surface area (Å²) in [7, 11) is 0. The molecule has 0 aromatic heterocycles. The summed E-state index contributed by atoms with van der Waals surface area (Å²) >= 11 is 0. The summed E-state index contributed by atoms with van der Waals surface area (Å²) in [6.07, 6.45) is 3.56. The Balaban J connectivity index is 1.45. The van der Waals surface area contributed by atoms with Crippen molar-refractivity contribution in [3.05, 3.63) is 65.2 Å². The zero-order valence-corrected chi connectivity index (χ0v) is 19.5. The van der Waals surface area contributed by atoms with Crippen LogP contribution in [-0.4, -0.2) is 49.1 Å². The third kappa shape index (κ3) is 11.4. The minimum atomic E-state index is -0.695. The van der Waals surface area contributed by atoms with E-state index in [0.29, 0.717) is 43.2 Å². The van der Waals surface area contributed by atoms with E-state index in [1.807, 2.05) is 30.3 Å². The van der Waals surface area contributed by atoms with Crippen LogP contribution in [0.5, 0.6) is 5.75 Å². The molecule has 1 atom stereocenters. The Hall–Kier alpha value is -2.29. The number of esters is 1. The number of hydrogen-bond acceptors (Lipinski definition) is 7. The normalized spacial score (nSPS) is 12.0. The molecule has 0 amide bonds. The lowest BCUT2D eigenvalue weighted by Gasteiger charge is -2.15. The molecule has 2 aromatic rings. The zero-order valence-electron chi connectivity index (χ0n) is 19.5. The molecule has 182 valence electrons. The maximum Gasteiger partial charge on any atom is 0.308 e. The third-order valence-electron chi connectivity index (χ3n) is 5.11. The average Bonchev–Trinajstić information content (AvgIpc) is 2.82. The highest BCUT2D eigenvalue weighted by Crippen LogP contribution is 2.24. The van der Waals surface area contributed by atoms with Crippen LogP contribution < -0.4 is 10.1 Å². The Bertz CT molecular complexity index is 799. The molecule has 33 heavy (non-hydrogen) atoms. The first-order valence-electron chi connectivity index (χ1n) is 11.6. The fraction of sp³-hybridized carbons (Fsp3) is 0.500. The van der Waals surface area contributed by atoms with Crippen LogP contribution in [0.25, 0.3) is 0 Å². The Morgan fingerprint density at radius 1 is 0.970 bits per heavy atom. The van der Waals surface area contributed by atoms with Crippen molar-refractivity contribution in [2.24, 2.45) is 0 Å². The number of benzene rings is 2. The number of carbonyl (C=O) groups is 1. The van der Waals surface area contributed by atoms with E-state index < -0.39 is 12.1 Å². The molecule has 7 nitrogen and oxygen atoms in total. The number of rotatable bonds is 17. The SMILES string of the molecule is CC(=O)Oc1ccc(C(O)CNCCCCCCOCCOCc2ccccc2)cc1CO. The zero-order chi connectivity index (χ0) is 23.7. The van der Waals surface area contributed by atoms with E-state index in [-0.39, 0.29) is 6.61 Å². The first kappa shape index (κ1) is 27.0. The highest BCUT2D eigenvalue weighted by molar-refractivity contribution is 5.69. The van der Waals surface area contributed by atoms with Gasteiger partial charge in [-0.05, 0) is 42.6 Å². The number of ether oxygens (including phenoxy) is 3. The predicted octanol–water partition coefficient (Wildman–Crippen LogP) is 3.52. The molecule has 0 bridgehead atoms. The Labute approximate surface area is 196 Å². The first-order valence-corrected chi connectivity index (χ1v) is 11.6.